The number of halogens is 1. The lowest BCUT2D eigenvalue weighted by molar-refractivity contribution is -0.129. The highest BCUT2D eigenvalue weighted by Gasteiger charge is 2.37. The first kappa shape index (κ1) is 24.1. The summed E-state index contributed by atoms with van der Waals surface area (Å²) in [6.07, 6.45) is 0.799. The molecule has 30 heavy (non-hydrogen) atoms. The second-order valence-electron chi connectivity index (χ2n) is 6.54. The van der Waals surface area contributed by atoms with Crippen molar-refractivity contribution in [3.8, 4) is 11.5 Å². The number of hydrogen-bond donors (Lipinski definition) is 2. The van der Waals surface area contributed by atoms with Crippen molar-refractivity contribution in [3.05, 3.63) is 60.2 Å². The number of nitrogens with one attached hydrogen (secondary N) is 1. The number of hydrogen-bond acceptors (Lipinski definition) is 6. The maximum absolute atomic E-state index is 12.4. The number of nitrogens with zero attached hydrogens (tertiary/aromatic N) is 1. The van der Waals surface area contributed by atoms with Crippen LogP contribution in [-0.2, 0) is 16.1 Å². The molecule has 0 aliphatic carbocycles. The summed E-state index contributed by atoms with van der Waals surface area (Å²) in [7, 11) is 0. The van der Waals surface area contributed by atoms with Crippen LogP contribution in [0.3, 0.4) is 0 Å². The molecule has 0 aromatic heterocycles. The Morgan fingerprint density at radius 3 is 2.47 bits per heavy atom. The van der Waals surface area contributed by atoms with Crippen molar-refractivity contribution >= 4 is 52.5 Å². The SMILES string of the molecule is Cl.NCCCN1C(=O)C(CC(=O)NCc2ccc(Oc3ccccc3)cc2)SC1=S. The molecule has 2 amide bonds. The van der Waals surface area contributed by atoms with Gasteiger partial charge in [0.1, 0.15) is 15.8 Å². The molecule has 1 aliphatic heterocycles. The van der Waals surface area contributed by atoms with Crippen molar-refractivity contribution in [2.75, 3.05) is 13.1 Å². The van der Waals surface area contributed by atoms with Crippen LogP contribution in [0.1, 0.15) is 18.4 Å². The van der Waals surface area contributed by atoms with Gasteiger partial charge < -0.3 is 15.8 Å². The first-order valence-electron chi connectivity index (χ1n) is 9.37. The Morgan fingerprint density at radius 1 is 1.13 bits per heavy atom. The number of nitrogens with two attached hydrogens (primary N) is 1. The van der Waals surface area contributed by atoms with Crippen molar-refractivity contribution in [1.29, 1.82) is 0 Å². The Kier molecular flexibility index (Phi) is 9.58. The molecule has 6 nitrogen and oxygen atoms in total. The van der Waals surface area contributed by atoms with E-state index in [4.69, 9.17) is 22.7 Å². The molecule has 1 fully saturated rings. The first-order chi connectivity index (χ1) is 14.1. The largest absolute Gasteiger partial charge is 0.457 e. The number of thioether (sulfide) groups is 1. The zero-order valence-corrected chi connectivity index (χ0v) is 18.7. The van der Waals surface area contributed by atoms with Gasteiger partial charge in [-0.2, -0.15) is 0 Å². The molecule has 0 bridgehead atoms. The Balaban J connectivity index is 0.00000320. The molecule has 1 heterocycles. The summed E-state index contributed by atoms with van der Waals surface area (Å²) in [5, 5.41) is 2.40. The van der Waals surface area contributed by atoms with Crippen molar-refractivity contribution in [2.45, 2.75) is 24.6 Å². The van der Waals surface area contributed by atoms with E-state index in [2.05, 4.69) is 5.32 Å². The molecule has 2 aromatic rings. The zero-order valence-electron chi connectivity index (χ0n) is 16.3. The fourth-order valence-electron chi connectivity index (χ4n) is 2.82. The van der Waals surface area contributed by atoms with Gasteiger partial charge >= 0.3 is 0 Å². The summed E-state index contributed by atoms with van der Waals surface area (Å²) in [5.41, 5.74) is 6.44. The lowest BCUT2D eigenvalue weighted by Crippen LogP contribution is -2.35. The van der Waals surface area contributed by atoms with E-state index in [-0.39, 0.29) is 30.6 Å². The van der Waals surface area contributed by atoms with Gasteiger partial charge in [-0.1, -0.05) is 54.3 Å². The monoisotopic (exact) mass is 465 g/mol. The quantitative estimate of drug-likeness (QED) is 0.551. The van der Waals surface area contributed by atoms with E-state index < -0.39 is 5.25 Å². The van der Waals surface area contributed by atoms with Crippen LogP contribution in [0.25, 0.3) is 0 Å². The summed E-state index contributed by atoms with van der Waals surface area (Å²) in [6, 6.07) is 17.1. The standard InChI is InChI=1S/C21H23N3O3S2.ClH/c22-11-4-12-24-20(26)18(29-21(24)28)13-19(25)23-14-15-7-9-17(10-8-15)27-16-5-2-1-3-6-16;/h1-3,5-10,18H,4,11-14,22H2,(H,23,25);1H. The van der Waals surface area contributed by atoms with Gasteiger partial charge in [0.2, 0.25) is 11.8 Å². The van der Waals surface area contributed by atoms with Gasteiger partial charge in [-0.25, -0.2) is 0 Å². The molecular formula is C21H24ClN3O3S2. The van der Waals surface area contributed by atoms with Crippen LogP contribution in [0, 0.1) is 0 Å². The van der Waals surface area contributed by atoms with Crippen molar-refractivity contribution in [2.24, 2.45) is 5.73 Å². The normalized spacial score (nSPS) is 15.6. The van der Waals surface area contributed by atoms with Gasteiger partial charge in [-0.15, -0.1) is 12.4 Å². The molecule has 1 saturated heterocycles. The van der Waals surface area contributed by atoms with Crippen LogP contribution < -0.4 is 15.8 Å². The first-order valence-corrected chi connectivity index (χ1v) is 10.7. The summed E-state index contributed by atoms with van der Waals surface area (Å²) >= 11 is 6.52. The highest BCUT2D eigenvalue weighted by molar-refractivity contribution is 8.24. The molecule has 0 spiro atoms. The Labute approximate surface area is 191 Å². The molecule has 3 N–H and O–H groups in total. The van der Waals surface area contributed by atoms with Gasteiger partial charge in [0.15, 0.2) is 0 Å². The van der Waals surface area contributed by atoms with Crippen LogP contribution in [-0.4, -0.2) is 39.4 Å². The molecule has 1 unspecified atom stereocenters. The molecule has 1 aliphatic rings. The predicted octanol–water partition coefficient (Wildman–Crippen LogP) is 3.48. The number of carbonyl (C=O) groups excluding carboxylic acids is 2. The second kappa shape index (κ2) is 11.9. The minimum absolute atomic E-state index is 0. The van der Waals surface area contributed by atoms with E-state index >= 15 is 0 Å². The number of para-hydroxylation sites is 1. The molecule has 0 radical (unpaired) electrons. The van der Waals surface area contributed by atoms with Crippen LogP contribution >= 0.6 is 36.4 Å². The maximum atomic E-state index is 12.4. The van der Waals surface area contributed by atoms with Gasteiger partial charge in [0, 0.05) is 19.5 Å². The number of ether oxygens (including phenoxy) is 1. The molecule has 2 aromatic carbocycles. The lowest BCUT2D eigenvalue weighted by Gasteiger charge is -2.14. The highest BCUT2D eigenvalue weighted by Crippen LogP contribution is 2.29. The van der Waals surface area contributed by atoms with E-state index in [1.54, 1.807) is 4.90 Å². The van der Waals surface area contributed by atoms with Gasteiger partial charge in [-0.05, 0) is 42.8 Å². The average Bonchev–Trinajstić information content (AvgIpc) is 2.99. The summed E-state index contributed by atoms with van der Waals surface area (Å²) < 4.78 is 6.28. The number of benzene rings is 2. The molecule has 3 rings (SSSR count). The van der Waals surface area contributed by atoms with E-state index in [0.717, 1.165) is 17.1 Å². The third-order valence-electron chi connectivity index (χ3n) is 4.35. The number of carbonyl (C=O) groups is 2. The summed E-state index contributed by atoms with van der Waals surface area (Å²) in [6.45, 7) is 1.39. The third kappa shape index (κ3) is 6.70. The Morgan fingerprint density at radius 2 is 1.80 bits per heavy atom. The maximum Gasteiger partial charge on any atom is 0.242 e. The number of rotatable bonds is 9. The molecule has 0 saturated carbocycles. The van der Waals surface area contributed by atoms with E-state index in [0.29, 0.717) is 30.4 Å². The Bertz CT molecular complexity index is 866. The predicted molar refractivity (Wildman–Crippen MR) is 126 cm³/mol. The smallest absolute Gasteiger partial charge is 0.242 e. The van der Waals surface area contributed by atoms with Gasteiger partial charge in [0.05, 0.1) is 5.25 Å². The molecule has 160 valence electrons. The highest BCUT2D eigenvalue weighted by atomic mass is 35.5. The van der Waals surface area contributed by atoms with Crippen LogP contribution in [0.4, 0.5) is 0 Å². The molecular weight excluding hydrogens is 442 g/mol. The van der Waals surface area contributed by atoms with Crippen LogP contribution in [0.2, 0.25) is 0 Å². The van der Waals surface area contributed by atoms with Gasteiger partial charge in [0.25, 0.3) is 0 Å². The van der Waals surface area contributed by atoms with E-state index in [1.165, 1.54) is 11.8 Å². The average molecular weight is 466 g/mol. The van der Waals surface area contributed by atoms with Crippen molar-refractivity contribution in [1.82, 2.24) is 10.2 Å². The fourth-order valence-corrected chi connectivity index (χ4v) is 4.36. The second-order valence-corrected chi connectivity index (χ2v) is 8.38. The summed E-state index contributed by atoms with van der Waals surface area (Å²) in [4.78, 5) is 26.2. The molecule has 9 heteroatoms. The lowest BCUT2D eigenvalue weighted by atomic mass is 10.2. The van der Waals surface area contributed by atoms with E-state index in [1.807, 2.05) is 54.6 Å². The Hall–Kier alpha value is -2.13. The fraction of sp³-hybridized carbons (Fsp3) is 0.286. The van der Waals surface area contributed by atoms with Crippen molar-refractivity contribution < 1.29 is 14.3 Å². The number of amides is 2. The van der Waals surface area contributed by atoms with E-state index in [9.17, 15) is 9.59 Å². The van der Waals surface area contributed by atoms with Crippen molar-refractivity contribution in [3.63, 3.8) is 0 Å². The number of thiocarbonyl (C=S) groups is 1. The minimum Gasteiger partial charge on any atom is -0.457 e. The van der Waals surface area contributed by atoms with Gasteiger partial charge in [-0.3, -0.25) is 14.5 Å². The minimum atomic E-state index is -0.457. The van der Waals surface area contributed by atoms with Crippen LogP contribution in [0.15, 0.2) is 54.6 Å². The molecule has 1 atom stereocenters. The van der Waals surface area contributed by atoms with Crippen LogP contribution in [0.5, 0.6) is 11.5 Å². The third-order valence-corrected chi connectivity index (χ3v) is 5.94. The zero-order chi connectivity index (χ0) is 20.6. The summed E-state index contributed by atoms with van der Waals surface area (Å²) in [5.74, 6) is 1.21. The topological polar surface area (TPSA) is 84.7 Å².